The zero-order chi connectivity index (χ0) is 12.0. The Balaban J connectivity index is 2.15. The molecule has 1 saturated carbocycles. The summed E-state index contributed by atoms with van der Waals surface area (Å²) in [6.45, 7) is 13.3. The van der Waals surface area contributed by atoms with E-state index in [0.29, 0.717) is 15.7 Å². The molecule has 0 aromatic heterocycles. The molecular weight excluding hydrogens is 214 g/mol. The maximum atomic E-state index is 3.86. The van der Waals surface area contributed by atoms with Gasteiger partial charge in [0.05, 0.1) is 4.87 Å². The van der Waals surface area contributed by atoms with Crippen LogP contribution in [0.1, 0.15) is 53.9 Å². The maximum absolute atomic E-state index is 3.86. The molecule has 0 aromatic carbocycles. The quantitative estimate of drug-likeness (QED) is 0.690. The van der Waals surface area contributed by atoms with E-state index in [1.54, 1.807) is 0 Å². The summed E-state index contributed by atoms with van der Waals surface area (Å²) in [5.41, 5.74) is 0.977. The van der Waals surface area contributed by atoms with Gasteiger partial charge in [-0.25, -0.2) is 0 Å². The molecule has 1 unspecified atom stereocenters. The van der Waals surface area contributed by atoms with Gasteiger partial charge in [-0.15, -0.1) is 11.8 Å². The average molecular weight is 241 g/mol. The summed E-state index contributed by atoms with van der Waals surface area (Å²) < 4.78 is 0. The van der Waals surface area contributed by atoms with Crippen LogP contribution in [0.5, 0.6) is 0 Å². The Morgan fingerprint density at radius 2 is 1.56 bits per heavy atom. The van der Waals surface area contributed by atoms with Gasteiger partial charge in [-0.2, -0.15) is 0 Å². The van der Waals surface area contributed by atoms with Gasteiger partial charge in [-0.05, 0) is 48.3 Å². The van der Waals surface area contributed by atoms with Crippen molar-refractivity contribution in [3.05, 3.63) is 0 Å². The smallest absolute Gasteiger partial charge is 0.0655 e. The molecule has 1 aliphatic heterocycles. The number of hydrogen-bond donors (Lipinski definition) is 1. The van der Waals surface area contributed by atoms with Crippen molar-refractivity contribution < 1.29 is 0 Å². The van der Waals surface area contributed by atoms with Gasteiger partial charge in [-0.1, -0.05) is 34.6 Å². The molecule has 0 amide bonds. The lowest BCUT2D eigenvalue weighted by atomic mass is 9.63. The molecule has 2 aliphatic rings. The van der Waals surface area contributed by atoms with Gasteiger partial charge < -0.3 is 5.32 Å². The molecule has 1 heterocycles. The number of thioether (sulfide) groups is 1. The molecule has 1 spiro atoms. The molecule has 1 atom stereocenters. The van der Waals surface area contributed by atoms with Gasteiger partial charge in [0.15, 0.2) is 0 Å². The minimum atomic E-state index is 0.373. The summed E-state index contributed by atoms with van der Waals surface area (Å²) in [7, 11) is 0. The van der Waals surface area contributed by atoms with Gasteiger partial charge in [0.1, 0.15) is 0 Å². The first kappa shape index (κ1) is 12.8. The lowest BCUT2D eigenvalue weighted by Crippen LogP contribution is -2.56. The molecule has 2 heteroatoms. The van der Waals surface area contributed by atoms with Crippen LogP contribution in [0.4, 0.5) is 0 Å². The summed E-state index contributed by atoms with van der Waals surface area (Å²) in [4.78, 5) is 0.373. The van der Waals surface area contributed by atoms with Crippen LogP contribution >= 0.6 is 11.8 Å². The molecule has 0 aromatic rings. The highest BCUT2D eigenvalue weighted by Crippen LogP contribution is 2.54. The van der Waals surface area contributed by atoms with Gasteiger partial charge in [-0.3, -0.25) is 0 Å². The van der Waals surface area contributed by atoms with Crippen molar-refractivity contribution in [3.63, 3.8) is 0 Å². The Labute approximate surface area is 105 Å². The third kappa shape index (κ3) is 2.76. The summed E-state index contributed by atoms with van der Waals surface area (Å²) in [5, 5.41) is 3.86. The molecular formula is C14H27NS. The van der Waals surface area contributed by atoms with Gasteiger partial charge >= 0.3 is 0 Å². The fraction of sp³-hybridized carbons (Fsp3) is 1.00. The second-order valence-corrected chi connectivity index (χ2v) is 9.05. The van der Waals surface area contributed by atoms with Crippen LogP contribution in [0.2, 0.25) is 0 Å². The Bertz CT molecular complexity index is 244. The van der Waals surface area contributed by atoms with Crippen molar-refractivity contribution in [3.8, 4) is 0 Å². The van der Waals surface area contributed by atoms with E-state index >= 15 is 0 Å². The SMILES string of the molecule is CC1CNC2(CC(C)(C)CC(C)(C)C2)SC1. The lowest BCUT2D eigenvalue weighted by Gasteiger charge is -2.54. The third-order valence-electron chi connectivity index (χ3n) is 3.90. The number of rotatable bonds is 0. The standard InChI is InChI=1S/C14H27NS/c1-11-6-15-14(16-7-11)9-12(2,3)8-13(4,5)10-14/h11,15H,6-10H2,1-5H3. The van der Waals surface area contributed by atoms with E-state index in [1.807, 2.05) is 0 Å². The summed E-state index contributed by atoms with van der Waals surface area (Å²) in [6.07, 6.45) is 4.03. The summed E-state index contributed by atoms with van der Waals surface area (Å²) in [6, 6.07) is 0. The van der Waals surface area contributed by atoms with E-state index in [2.05, 4.69) is 51.7 Å². The molecule has 94 valence electrons. The minimum absolute atomic E-state index is 0.373. The fourth-order valence-electron chi connectivity index (χ4n) is 4.03. The minimum Gasteiger partial charge on any atom is -0.302 e. The largest absolute Gasteiger partial charge is 0.302 e. The van der Waals surface area contributed by atoms with Crippen molar-refractivity contribution in [1.82, 2.24) is 5.32 Å². The monoisotopic (exact) mass is 241 g/mol. The van der Waals surface area contributed by atoms with Crippen molar-refractivity contribution >= 4 is 11.8 Å². The predicted molar refractivity (Wildman–Crippen MR) is 73.8 cm³/mol. The molecule has 1 saturated heterocycles. The Morgan fingerprint density at radius 1 is 1.00 bits per heavy atom. The Morgan fingerprint density at radius 3 is 2.00 bits per heavy atom. The maximum Gasteiger partial charge on any atom is 0.0655 e. The van der Waals surface area contributed by atoms with Gasteiger partial charge in [0, 0.05) is 0 Å². The van der Waals surface area contributed by atoms with E-state index in [4.69, 9.17) is 0 Å². The molecule has 0 radical (unpaired) electrons. The normalized spacial score (nSPS) is 36.2. The third-order valence-corrected chi connectivity index (χ3v) is 5.62. The highest BCUT2D eigenvalue weighted by atomic mass is 32.2. The van der Waals surface area contributed by atoms with Crippen molar-refractivity contribution in [2.24, 2.45) is 16.7 Å². The van der Waals surface area contributed by atoms with Crippen molar-refractivity contribution in [1.29, 1.82) is 0 Å². The second-order valence-electron chi connectivity index (χ2n) is 7.65. The lowest BCUT2D eigenvalue weighted by molar-refractivity contribution is 0.0674. The van der Waals surface area contributed by atoms with Crippen LogP contribution in [-0.2, 0) is 0 Å². The fourth-order valence-corrected chi connectivity index (χ4v) is 5.92. The van der Waals surface area contributed by atoms with Crippen LogP contribution in [0.3, 0.4) is 0 Å². The molecule has 1 aliphatic carbocycles. The molecule has 1 nitrogen and oxygen atoms in total. The zero-order valence-electron chi connectivity index (χ0n) is 11.5. The Kier molecular flexibility index (Phi) is 3.12. The van der Waals surface area contributed by atoms with Crippen LogP contribution < -0.4 is 5.32 Å². The second kappa shape index (κ2) is 3.91. The average Bonchev–Trinajstić information content (AvgIpc) is 2.05. The van der Waals surface area contributed by atoms with Crippen LogP contribution in [0, 0.1) is 16.7 Å². The number of nitrogens with one attached hydrogen (secondary N) is 1. The first-order chi connectivity index (χ1) is 7.22. The summed E-state index contributed by atoms with van der Waals surface area (Å²) in [5.74, 6) is 2.17. The molecule has 0 bridgehead atoms. The topological polar surface area (TPSA) is 12.0 Å². The van der Waals surface area contributed by atoms with Crippen LogP contribution in [-0.4, -0.2) is 17.2 Å². The van der Waals surface area contributed by atoms with Crippen molar-refractivity contribution in [2.75, 3.05) is 12.3 Å². The highest BCUT2D eigenvalue weighted by Gasteiger charge is 2.48. The molecule has 2 rings (SSSR count). The summed E-state index contributed by atoms with van der Waals surface area (Å²) >= 11 is 2.19. The zero-order valence-corrected chi connectivity index (χ0v) is 12.3. The van der Waals surface area contributed by atoms with Gasteiger partial charge in [0.2, 0.25) is 0 Å². The van der Waals surface area contributed by atoms with E-state index in [9.17, 15) is 0 Å². The first-order valence-electron chi connectivity index (χ1n) is 6.61. The molecule has 1 N–H and O–H groups in total. The van der Waals surface area contributed by atoms with Crippen LogP contribution in [0.15, 0.2) is 0 Å². The molecule has 2 fully saturated rings. The predicted octanol–water partition coefficient (Wildman–Crippen LogP) is 3.89. The number of hydrogen-bond acceptors (Lipinski definition) is 2. The molecule has 16 heavy (non-hydrogen) atoms. The van der Waals surface area contributed by atoms with Crippen LogP contribution in [0.25, 0.3) is 0 Å². The highest BCUT2D eigenvalue weighted by molar-refractivity contribution is 8.00. The van der Waals surface area contributed by atoms with Gasteiger partial charge in [0.25, 0.3) is 0 Å². The van der Waals surface area contributed by atoms with E-state index in [1.165, 1.54) is 31.6 Å². The van der Waals surface area contributed by atoms with E-state index in [-0.39, 0.29) is 0 Å². The van der Waals surface area contributed by atoms with Crippen molar-refractivity contribution in [2.45, 2.75) is 58.8 Å². The van der Waals surface area contributed by atoms with E-state index < -0.39 is 0 Å². The Hall–Kier alpha value is 0.310. The first-order valence-corrected chi connectivity index (χ1v) is 7.60. The van der Waals surface area contributed by atoms with E-state index in [0.717, 1.165) is 5.92 Å².